The Hall–Kier alpha value is -2.64. The van der Waals surface area contributed by atoms with E-state index in [1.165, 1.54) is 30.1 Å². The van der Waals surface area contributed by atoms with Crippen molar-refractivity contribution < 1.29 is 24.4 Å². The van der Waals surface area contributed by atoms with Gasteiger partial charge in [0.2, 0.25) is 0 Å². The molecule has 8 heteroatoms. The normalized spacial score (nSPS) is 10.1. The second-order valence-electron chi connectivity index (χ2n) is 4.60. The molecule has 0 unspecified atom stereocenters. The fraction of sp³-hybridized carbons (Fsp3) is 0.429. The highest BCUT2D eigenvalue weighted by atomic mass is 16.6. The van der Waals surface area contributed by atoms with Gasteiger partial charge in [-0.2, -0.15) is 0 Å². The van der Waals surface area contributed by atoms with Crippen LogP contribution in [0.3, 0.4) is 0 Å². The Morgan fingerprint density at radius 2 is 2.09 bits per heavy atom. The van der Waals surface area contributed by atoms with Gasteiger partial charge in [0.1, 0.15) is 0 Å². The SMILES string of the molecule is CCOc1ccc(C(=O)N(C)CCCC(=O)O)cc1[N+](=O)[O-]. The first-order valence-corrected chi connectivity index (χ1v) is 6.75. The lowest BCUT2D eigenvalue weighted by Crippen LogP contribution is -2.28. The first-order valence-electron chi connectivity index (χ1n) is 6.75. The summed E-state index contributed by atoms with van der Waals surface area (Å²) in [6.07, 6.45) is 0.276. The first-order chi connectivity index (χ1) is 10.4. The minimum Gasteiger partial charge on any atom is -0.487 e. The van der Waals surface area contributed by atoms with E-state index < -0.39 is 16.8 Å². The Kier molecular flexibility index (Phi) is 6.30. The Labute approximate surface area is 127 Å². The molecule has 1 aromatic carbocycles. The predicted octanol–water partition coefficient (Wildman–Crippen LogP) is 1.93. The molecular formula is C14H18N2O6. The number of carbonyl (C=O) groups excluding carboxylic acids is 1. The maximum absolute atomic E-state index is 12.2. The van der Waals surface area contributed by atoms with Gasteiger partial charge >= 0.3 is 11.7 Å². The van der Waals surface area contributed by atoms with Gasteiger partial charge in [-0.3, -0.25) is 19.7 Å². The van der Waals surface area contributed by atoms with E-state index in [-0.39, 0.29) is 36.6 Å². The molecule has 8 nitrogen and oxygen atoms in total. The van der Waals surface area contributed by atoms with Crippen LogP contribution in [-0.2, 0) is 4.79 Å². The summed E-state index contributed by atoms with van der Waals surface area (Å²) in [5, 5.41) is 19.6. The van der Waals surface area contributed by atoms with Crippen LogP contribution in [0.5, 0.6) is 5.75 Å². The second-order valence-corrected chi connectivity index (χ2v) is 4.60. The van der Waals surface area contributed by atoms with Gasteiger partial charge in [-0.25, -0.2) is 0 Å². The molecule has 0 aliphatic carbocycles. The maximum atomic E-state index is 12.2. The van der Waals surface area contributed by atoms with Crippen molar-refractivity contribution in [2.24, 2.45) is 0 Å². The summed E-state index contributed by atoms with van der Waals surface area (Å²) in [7, 11) is 1.52. The zero-order valence-corrected chi connectivity index (χ0v) is 12.4. The molecule has 0 fully saturated rings. The summed E-state index contributed by atoms with van der Waals surface area (Å²) in [6.45, 7) is 2.24. The van der Waals surface area contributed by atoms with E-state index in [0.717, 1.165) is 0 Å². The molecule has 0 atom stereocenters. The van der Waals surface area contributed by atoms with Gasteiger partial charge in [-0.05, 0) is 25.5 Å². The zero-order valence-electron chi connectivity index (χ0n) is 12.4. The summed E-state index contributed by atoms with van der Waals surface area (Å²) in [5.74, 6) is -1.23. The van der Waals surface area contributed by atoms with Gasteiger partial charge in [0, 0.05) is 31.6 Å². The van der Waals surface area contributed by atoms with Crippen LogP contribution in [0.2, 0.25) is 0 Å². The summed E-state index contributed by atoms with van der Waals surface area (Å²) in [6, 6.07) is 4.01. The van der Waals surface area contributed by atoms with Crippen LogP contribution < -0.4 is 4.74 Å². The highest BCUT2D eigenvalue weighted by Crippen LogP contribution is 2.28. The van der Waals surface area contributed by atoms with Crippen molar-refractivity contribution >= 4 is 17.6 Å². The average Bonchev–Trinajstić information content (AvgIpc) is 2.46. The fourth-order valence-corrected chi connectivity index (χ4v) is 1.86. The third-order valence-electron chi connectivity index (χ3n) is 2.93. The van der Waals surface area contributed by atoms with Gasteiger partial charge in [-0.15, -0.1) is 0 Å². The first kappa shape index (κ1) is 17.4. The number of benzene rings is 1. The molecule has 0 saturated carbocycles. The summed E-state index contributed by atoms with van der Waals surface area (Å²) in [5.41, 5.74) is -0.111. The van der Waals surface area contributed by atoms with E-state index in [1.54, 1.807) is 6.92 Å². The Balaban J connectivity index is 2.86. The molecule has 0 heterocycles. The number of hydrogen-bond acceptors (Lipinski definition) is 5. The number of carboxylic acids is 1. The number of hydrogen-bond donors (Lipinski definition) is 1. The van der Waals surface area contributed by atoms with E-state index in [4.69, 9.17) is 9.84 Å². The number of nitro groups is 1. The molecular weight excluding hydrogens is 292 g/mol. The minimum atomic E-state index is -0.933. The number of ether oxygens (including phenoxy) is 1. The van der Waals surface area contributed by atoms with E-state index in [9.17, 15) is 19.7 Å². The predicted molar refractivity (Wildman–Crippen MR) is 78.1 cm³/mol. The summed E-state index contributed by atoms with van der Waals surface area (Å²) in [4.78, 5) is 34.4. The largest absolute Gasteiger partial charge is 0.487 e. The van der Waals surface area contributed by atoms with E-state index in [1.807, 2.05) is 0 Å². The van der Waals surface area contributed by atoms with E-state index >= 15 is 0 Å². The lowest BCUT2D eigenvalue weighted by atomic mass is 10.1. The van der Waals surface area contributed by atoms with Crippen molar-refractivity contribution in [2.75, 3.05) is 20.2 Å². The van der Waals surface area contributed by atoms with Crippen molar-refractivity contribution in [3.63, 3.8) is 0 Å². The van der Waals surface area contributed by atoms with Gasteiger partial charge in [0.15, 0.2) is 5.75 Å². The molecule has 22 heavy (non-hydrogen) atoms. The number of amides is 1. The number of carboxylic acid groups (broad SMARTS) is 1. The van der Waals surface area contributed by atoms with E-state index in [0.29, 0.717) is 6.42 Å². The lowest BCUT2D eigenvalue weighted by molar-refractivity contribution is -0.385. The van der Waals surface area contributed by atoms with Crippen molar-refractivity contribution in [3.05, 3.63) is 33.9 Å². The molecule has 120 valence electrons. The van der Waals surface area contributed by atoms with Gasteiger partial charge in [0.25, 0.3) is 5.91 Å². The maximum Gasteiger partial charge on any atom is 0.311 e. The Morgan fingerprint density at radius 1 is 1.41 bits per heavy atom. The molecule has 1 aromatic rings. The molecule has 0 radical (unpaired) electrons. The number of nitrogens with zero attached hydrogens (tertiary/aromatic N) is 2. The Bertz CT molecular complexity index is 572. The molecule has 1 N–H and O–H groups in total. The van der Waals surface area contributed by atoms with Crippen LogP contribution >= 0.6 is 0 Å². The van der Waals surface area contributed by atoms with Gasteiger partial charge < -0.3 is 14.7 Å². The minimum absolute atomic E-state index is 0.0406. The molecule has 1 rings (SSSR count). The van der Waals surface area contributed by atoms with Crippen LogP contribution in [0.25, 0.3) is 0 Å². The molecule has 0 bridgehead atoms. The van der Waals surface area contributed by atoms with Crippen molar-refractivity contribution in [1.82, 2.24) is 4.90 Å². The smallest absolute Gasteiger partial charge is 0.311 e. The fourth-order valence-electron chi connectivity index (χ4n) is 1.86. The van der Waals surface area contributed by atoms with Crippen LogP contribution in [0.15, 0.2) is 18.2 Å². The van der Waals surface area contributed by atoms with Crippen molar-refractivity contribution in [2.45, 2.75) is 19.8 Å². The number of aliphatic carboxylic acids is 1. The number of rotatable bonds is 8. The standard InChI is InChI=1S/C14H18N2O6/c1-3-22-12-7-6-10(9-11(12)16(20)21)14(19)15(2)8-4-5-13(17)18/h6-7,9H,3-5,8H2,1-2H3,(H,17,18). The van der Waals surface area contributed by atoms with Crippen molar-refractivity contribution in [3.8, 4) is 5.75 Å². The number of carbonyl (C=O) groups is 2. The second kappa shape index (κ2) is 7.96. The van der Waals surface area contributed by atoms with Crippen molar-refractivity contribution in [1.29, 1.82) is 0 Å². The monoisotopic (exact) mass is 310 g/mol. The molecule has 0 saturated heterocycles. The van der Waals surface area contributed by atoms with Gasteiger partial charge in [0.05, 0.1) is 11.5 Å². The van der Waals surface area contributed by atoms with Crippen LogP contribution in [0, 0.1) is 10.1 Å². The highest BCUT2D eigenvalue weighted by Gasteiger charge is 2.20. The highest BCUT2D eigenvalue weighted by molar-refractivity contribution is 5.95. The average molecular weight is 310 g/mol. The molecule has 0 aliphatic rings. The van der Waals surface area contributed by atoms with Gasteiger partial charge in [-0.1, -0.05) is 0 Å². The molecule has 1 amide bonds. The topological polar surface area (TPSA) is 110 Å². The molecule has 0 aliphatic heterocycles. The third kappa shape index (κ3) is 4.72. The molecule has 0 aromatic heterocycles. The molecule has 0 spiro atoms. The van der Waals surface area contributed by atoms with E-state index in [2.05, 4.69) is 0 Å². The quantitative estimate of drug-likeness (QED) is 0.580. The van der Waals surface area contributed by atoms with Crippen LogP contribution in [-0.4, -0.2) is 47.0 Å². The van der Waals surface area contributed by atoms with Crippen LogP contribution in [0.1, 0.15) is 30.1 Å². The summed E-state index contributed by atoms with van der Waals surface area (Å²) >= 11 is 0. The third-order valence-corrected chi connectivity index (χ3v) is 2.93. The zero-order chi connectivity index (χ0) is 16.7. The van der Waals surface area contributed by atoms with Crippen LogP contribution in [0.4, 0.5) is 5.69 Å². The Morgan fingerprint density at radius 3 is 2.64 bits per heavy atom. The summed E-state index contributed by atoms with van der Waals surface area (Å²) < 4.78 is 5.15. The lowest BCUT2D eigenvalue weighted by Gasteiger charge is -2.17. The number of nitro benzene ring substituents is 1.